The molecule has 10 aromatic heterocycles. The Morgan fingerprint density at radius 1 is 0.667 bits per heavy atom. The summed E-state index contributed by atoms with van der Waals surface area (Å²) in [6, 6.07) is 18.4. The van der Waals surface area contributed by atoms with Gasteiger partial charge in [0.2, 0.25) is 17.7 Å². The number of alkyl halides is 1. The summed E-state index contributed by atoms with van der Waals surface area (Å²) >= 11 is 21.2. The molecule has 34 nitrogen and oxygen atoms in total. The molecule has 2 saturated carbocycles. The number of amides is 3. The molecule has 0 radical (unpaired) electrons. The first kappa shape index (κ1) is 91.9. The number of esters is 2. The number of halogens is 5. The van der Waals surface area contributed by atoms with Gasteiger partial charge in [0.25, 0.3) is 6.47 Å². The van der Waals surface area contributed by atoms with Crippen molar-refractivity contribution < 1.29 is 168 Å². The molecule has 2 fully saturated rings. The van der Waals surface area contributed by atoms with Crippen molar-refractivity contribution in [2.45, 2.75) is 110 Å². The minimum Gasteiger partial charge on any atom is -1.00 e. The predicted octanol–water partition coefficient (Wildman–Crippen LogP) is 1.09. The summed E-state index contributed by atoms with van der Waals surface area (Å²) in [5, 5.41) is 29.7. The molecule has 2 aliphatic carbocycles. The molecule has 10 heterocycles. The topological polar surface area (TPSA) is 508 Å². The van der Waals surface area contributed by atoms with Crippen LogP contribution >= 0.6 is 71.0 Å². The number of carboxylic acid groups (broad SMARTS) is 1. The van der Waals surface area contributed by atoms with Crippen molar-refractivity contribution in [2.75, 3.05) is 40.5 Å². The van der Waals surface area contributed by atoms with E-state index < -0.39 is 11.6 Å². The van der Waals surface area contributed by atoms with E-state index in [4.69, 9.17) is 59.3 Å². The van der Waals surface area contributed by atoms with E-state index in [9.17, 15) is 28.8 Å². The second-order valence-electron chi connectivity index (χ2n) is 22.7. The number of pyridine rings is 2. The smallest absolute Gasteiger partial charge is 1.00 e. The fraction of sp³-hybridized carbons (Fsp3) is 0.328. The number of nitrogens with two attached hydrogens (primary N) is 2. The molecule has 538 valence electrons. The normalized spacial score (nSPS) is 11.6. The average Bonchev–Trinajstić information content (AvgIpc) is 1.68. The van der Waals surface area contributed by atoms with E-state index in [0.717, 1.165) is 33.9 Å². The number of nitrogens with zero attached hydrogens (tertiary/aromatic N) is 14. The Kier molecular flexibility index (Phi) is 40.7. The average molecular weight is 1700 g/mol. The fourth-order valence-corrected chi connectivity index (χ4v) is 9.51. The van der Waals surface area contributed by atoms with Crippen LogP contribution in [0.4, 0.5) is 23.3 Å². The molecular weight excluding hydrogens is 1620 g/mol. The quantitative estimate of drug-likeness (QED) is 0.00981. The van der Waals surface area contributed by atoms with Crippen molar-refractivity contribution in [2.24, 2.45) is 0 Å². The SMILES string of the molecule is CC(C)(C)OC(=O)CBr.CC(C)(C)OC(=O)Cn1ccc2c(Cl)ncnc21.Clc1ncnc2[nH]ccc12.N.Nc1ncnc2c1ccn2CC(=O)N(CC(=O)Nc1cccc(Br)n1)C1CC1.Nc1ncnc2c1ccn2CC(=O)O.O.O=C(CNC1CC1)Nc1cccc(Br)n1.O=CO[O-].[H-].[K+].[K+]. The van der Waals surface area contributed by atoms with Gasteiger partial charge in [-0.1, -0.05) is 51.3 Å². The van der Waals surface area contributed by atoms with Crippen molar-refractivity contribution in [3.63, 3.8) is 0 Å². The number of anilines is 4. The van der Waals surface area contributed by atoms with Gasteiger partial charge in [0.1, 0.15) is 133 Å². The number of nitrogen functional groups attached to an aromatic ring is 2. The zero-order chi connectivity index (χ0) is 71.7. The predicted molar refractivity (Wildman–Crippen MR) is 382 cm³/mol. The number of carbonyl (C=O) groups is 7. The second-order valence-corrected chi connectivity index (χ2v) is 25.6. The Morgan fingerprint density at radius 2 is 1.12 bits per heavy atom. The van der Waals surface area contributed by atoms with Crippen LogP contribution in [0, 0.1) is 0 Å². The summed E-state index contributed by atoms with van der Waals surface area (Å²) in [6.45, 7) is 11.2. The molecule has 0 bridgehead atoms. The van der Waals surface area contributed by atoms with Crippen LogP contribution in [-0.2, 0) is 67.6 Å². The molecule has 41 heteroatoms. The summed E-state index contributed by atoms with van der Waals surface area (Å²) in [5.74, 6) is -0.179. The van der Waals surface area contributed by atoms with Crippen LogP contribution in [0.2, 0.25) is 10.3 Å². The van der Waals surface area contributed by atoms with Crippen LogP contribution in [0.1, 0.15) is 68.7 Å². The summed E-state index contributed by atoms with van der Waals surface area (Å²) in [6.07, 6.45) is 16.6. The number of aromatic amines is 1. The Labute approximate surface area is 705 Å². The third kappa shape index (κ3) is 32.0. The zero-order valence-corrected chi connectivity index (χ0v) is 69.2. The summed E-state index contributed by atoms with van der Waals surface area (Å²) in [7, 11) is 0. The molecule has 14 N–H and O–H groups in total. The van der Waals surface area contributed by atoms with E-state index in [1.54, 1.807) is 81.3 Å². The second kappa shape index (κ2) is 45.2. The molecular formula is C61H74Br3Cl2K2N21O13. The third-order valence-corrected chi connectivity index (χ3v) is 14.5. The zero-order valence-electron chi connectivity index (χ0n) is 57.6. The molecule has 0 atom stereocenters. The largest absolute Gasteiger partial charge is 1.00 e. The van der Waals surface area contributed by atoms with Crippen molar-refractivity contribution in [3.8, 4) is 0 Å². The molecule has 10 aromatic rings. The number of fused-ring (bicyclic) bond motifs is 4. The van der Waals surface area contributed by atoms with Gasteiger partial charge in [-0.15, -0.1) is 0 Å². The molecule has 3 amide bonds. The van der Waals surface area contributed by atoms with Gasteiger partial charge in [-0.2, -0.15) is 0 Å². The van der Waals surface area contributed by atoms with Gasteiger partial charge in [-0.05, 0) is 148 Å². The van der Waals surface area contributed by atoms with Gasteiger partial charge in [-0.3, -0.25) is 33.6 Å². The number of aliphatic carboxylic acids is 1. The number of hydrogen-bond acceptors (Lipinski definition) is 25. The molecule has 102 heavy (non-hydrogen) atoms. The summed E-state index contributed by atoms with van der Waals surface area (Å²) in [5.41, 5.74) is 13.1. The monoisotopic (exact) mass is 1690 g/mol. The molecule has 0 saturated heterocycles. The first-order valence-electron chi connectivity index (χ1n) is 29.4. The van der Waals surface area contributed by atoms with E-state index in [2.05, 4.69) is 123 Å². The molecule has 0 aromatic carbocycles. The molecule has 12 rings (SSSR count). The van der Waals surface area contributed by atoms with Crippen LogP contribution < -0.4 is 142 Å². The number of ether oxygens (including phenoxy) is 2. The molecule has 0 unspecified atom stereocenters. The van der Waals surface area contributed by atoms with Gasteiger partial charge < -0.3 is 88.8 Å². The van der Waals surface area contributed by atoms with Gasteiger partial charge in [0, 0.05) is 36.9 Å². The van der Waals surface area contributed by atoms with Crippen LogP contribution in [0.3, 0.4) is 0 Å². The molecule has 0 aliphatic heterocycles. The number of hydrogen-bond donors (Lipinski definition) is 8. The number of carboxylic acids is 1. The van der Waals surface area contributed by atoms with Crippen molar-refractivity contribution in [1.82, 2.24) is 84.9 Å². The number of H-pyrrole nitrogens is 1. The van der Waals surface area contributed by atoms with Crippen LogP contribution in [-0.4, -0.2) is 168 Å². The maximum atomic E-state index is 12.9. The van der Waals surface area contributed by atoms with Gasteiger partial charge >= 0.3 is 121 Å². The number of nitrogens with one attached hydrogen (secondary N) is 4. The summed E-state index contributed by atoms with van der Waals surface area (Å²) in [4.78, 5) is 125. The standard InChI is InChI=1S/C18H18BrN7O2.C12H14ClN3O2.C10H12BrN3O.C8H8N4O2.C6H11BrO2.C6H4ClN3.CH2O3.2K.H3N.H2O.H/c19-13-2-1-3-14(23-13)24-15(27)8-26(11-4-5-11)16(28)9-25-7-6-12-17(20)21-10-22-18(12)25;1-12(2,3)18-9(17)6-16-5-4-8-10(13)14-7-15-11(8)16;11-8-2-1-3-9(13-8)14-10(15)6-12-7-4-5-7;9-7-5-1-2-12(3-6(13)14)8(5)11-4-10-7;1-6(2,3)9-5(8)4-7;7-5-4-1-2-8-6(4)10-3-9-5;2-1-4-3;;;;;/h1-3,6-7,10-11H,4-5,8-9H2,(H2,20,21,22)(H,23,24,27);4-5,7H,6H2,1-3H3;1-3,7,12H,4-6H2,(H,13,14,15);1-2,4H,3H2,(H,13,14)(H2,9,10,11);4H2,1-3H3;1-3H,(H,8,9,10);1,3H;;;1H3;1H2;/q;;;;;;;2*+1;;;-1/p-1. The minimum atomic E-state index is -0.917. The Hall–Kier alpha value is -6.20. The van der Waals surface area contributed by atoms with Crippen LogP contribution in [0.25, 0.3) is 44.1 Å². The van der Waals surface area contributed by atoms with Crippen molar-refractivity contribution in [1.29, 1.82) is 0 Å². The van der Waals surface area contributed by atoms with Crippen LogP contribution in [0.5, 0.6) is 0 Å². The Morgan fingerprint density at radius 3 is 1.57 bits per heavy atom. The number of carbonyl (C=O) groups excluding carboxylic acids is 6. The van der Waals surface area contributed by atoms with Crippen molar-refractivity contribution >= 4 is 180 Å². The Balaban J connectivity index is 0.000000629. The van der Waals surface area contributed by atoms with E-state index >= 15 is 0 Å². The van der Waals surface area contributed by atoms with Crippen molar-refractivity contribution in [3.05, 3.63) is 130 Å². The molecule has 2 aliphatic rings. The van der Waals surface area contributed by atoms with Gasteiger partial charge in [0.15, 0.2) is 0 Å². The number of aromatic nitrogens is 14. The Bertz CT molecular complexity index is 4370. The van der Waals surface area contributed by atoms with Gasteiger partial charge in [0.05, 0.1) is 28.1 Å². The van der Waals surface area contributed by atoms with E-state index in [-0.39, 0.29) is 195 Å². The first-order chi connectivity index (χ1) is 46.5. The van der Waals surface area contributed by atoms with E-state index in [0.29, 0.717) is 78.5 Å². The minimum absolute atomic E-state index is 0. The van der Waals surface area contributed by atoms with E-state index in [1.807, 2.05) is 59.7 Å². The number of rotatable bonds is 16. The fourth-order valence-electron chi connectivity index (χ4n) is 8.32. The molecule has 0 spiro atoms. The first-order valence-corrected chi connectivity index (χ1v) is 32.8. The van der Waals surface area contributed by atoms with E-state index in [1.165, 1.54) is 42.7 Å². The maximum Gasteiger partial charge on any atom is 1.00 e. The summed E-state index contributed by atoms with van der Waals surface area (Å²) < 4.78 is 16.4. The maximum absolute atomic E-state index is 12.9. The van der Waals surface area contributed by atoms with Gasteiger partial charge in [-0.25, -0.2) is 49.8 Å². The van der Waals surface area contributed by atoms with Crippen LogP contribution in [0.15, 0.2) is 120 Å². The third-order valence-electron chi connectivity index (χ3n) is 12.6.